The van der Waals surface area contributed by atoms with E-state index in [1.807, 2.05) is 0 Å². The summed E-state index contributed by atoms with van der Waals surface area (Å²) in [4.78, 5) is 19.0. The van der Waals surface area contributed by atoms with Gasteiger partial charge in [-0.15, -0.1) is 0 Å². The molecule has 1 saturated heterocycles. The standard InChI is InChI=1S/C22H22F2N4OS/c23-18-5-1-15(2-6-18)13-20-26-22(30-27-20)28-11-9-16(10-12-28)14-25-21(29)17-3-7-19(24)8-4-17/h1-8,16H,9-14H2,(H,25,29). The van der Waals surface area contributed by atoms with E-state index in [9.17, 15) is 13.6 Å². The molecule has 0 spiro atoms. The number of hydrogen-bond acceptors (Lipinski definition) is 5. The van der Waals surface area contributed by atoms with Crippen LogP contribution in [-0.2, 0) is 6.42 Å². The zero-order chi connectivity index (χ0) is 20.9. The molecule has 0 aliphatic carbocycles. The lowest BCUT2D eigenvalue weighted by atomic mass is 9.97. The third-order valence-corrected chi connectivity index (χ3v) is 6.09. The highest BCUT2D eigenvalue weighted by Gasteiger charge is 2.22. The number of carbonyl (C=O) groups is 1. The molecule has 1 aromatic heterocycles. The zero-order valence-electron chi connectivity index (χ0n) is 16.4. The summed E-state index contributed by atoms with van der Waals surface area (Å²) in [5.74, 6) is 0.373. The molecule has 1 amide bonds. The molecule has 3 aromatic rings. The quantitative estimate of drug-likeness (QED) is 0.644. The predicted octanol–water partition coefficient (Wildman–Crippen LogP) is 4.05. The Hall–Kier alpha value is -2.87. The summed E-state index contributed by atoms with van der Waals surface area (Å²) in [6, 6.07) is 12.0. The first-order valence-corrected chi connectivity index (χ1v) is 10.7. The molecule has 5 nitrogen and oxygen atoms in total. The summed E-state index contributed by atoms with van der Waals surface area (Å²) in [5.41, 5.74) is 1.45. The zero-order valence-corrected chi connectivity index (χ0v) is 17.2. The molecule has 1 N–H and O–H groups in total. The third kappa shape index (κ3) is 5.18. The van der Waals surface area contributed by atoms with Gasteiger partial charge in [0.25, 0.3) is 5.91 Å². The van der Waals surface area contributed by atoms with Gasteiger partial charge in [-0.25, -0.2) is 13.8 Å². The SMILES string of the molecule is O=C(NCC1CCN(c2nc(Cc3ccc(F)cc3)ns2)CC1)c1ccc(F)cc1. The van der Waals surface area contributed by atoms with Crippen LogP contribution in [-0.4, -0.2) is 34.9 Å². The Morgan fingerprint density at radius 3 is 2.33 bits per heavy atom. The van der Waals surface area contributed by atoms with Gasteiger partial charge in [0.05, 0.1) is 0 Å². The van der Waals surface area contributed by atoms with Gasteiger partial charge in [0.15, 0.2) is 0 Å². The average Bonchev–Trinajstić information content (AvgIpc) is 3.23. The summed E-state index contributed by atoms with van der Waals surface area (Å²) in [7, 11) is 0. The van der Waals surface area contributed by atoms with Crippen molar-refractivity contribution in [3.05, 3.63) is 77.1 Å². The number of benzene rings is 2. The van der Waals surface area contributed by atoms with Crippen LogP contribution in [0.3, 0.4) is 0 Å². The highest BCUT2D eigenvalue weighted by atomic mass is 32.1. The van der Waals surface area contributed by atoms with E-state index >= 15 is 0 Å². The molecule has 1 aliphatic rings. The number of aromatic nitrogens is 2. The summed E-state index contributed by atoms with van der Waals surface area (Å²) < 4.78 is 30.4. The minimum atomic E-state index is -0.351. The van der Waals surface area contributed by atoms with Gasteiger partial charge >= 0.3 is 0 Å². The number of nitrogens with zero attached hydrogens (tertiary/aromatic N) is 3. The minimum Gasteiger partial charge on any atom is -0.352 e. The van der Waals surface area contributed by atoms with Crippen LogP contribution < -0.4 is 10.2 Å². The highest BCUT2D eigenvalue weighted by Crippen LogP contribution is 2.25. The normalized spacial score (nSPS) is 14.7. The molecule has 30 heavy (non-hydrogen) atoms. The van der Waals surface area contributed by atoms with Gasteiger partial charge < -0.3 is 10.2 Å². The second-order valence-corrected chi connectivity index (χ2v) is 8.17. The molecule has 0 saturated carbocycles. The van der Waals surface area contributed by atoms with Crippen LogP contribution in [0.4, 0.5) is 13.9 Å². The average molecular weight is 429 g/mol. The Bertz CT molecular complexity index is 983. The second kappa shape index (κ2) is 9.30. The van der Waals surface area contributed by atoms with E-state index in [0.29, 0.717) is 24.4 Å². The third-order valence-electron chi connectivity index (χ3n) is 5.28. The van der Waals surface area contributed by atoms with Crippen LogP contribution in [0.2, 0.25) is 0 Å². The molecule has 1 aliphatic heterocycles. The van der Waals surface area contributed by atoms with Crippen molar-refractivity contribution in [1.82, 2.24) is 14.7 Å². The van der Waals surface area contributed by atoms with Crippen molar-refractivity contribution in [2.75, 3.05) is 24.5 Å². The van der Waals surface area contributed by atoms with Crippen LogP contribution >= 0.6 is 11.5 Å². The van der Waals surface area contributed by atoms with E-state index in [4.69, 9.17) is 0 Å². The lowest BCUT2D eigenvalue weighted by Gasteiger charge is -2.31. The summed E-state index contributed by atoms with van der Waals surface area (Å²) in [5, 5.41) is 3.85. The fourth-order valence-electron chi connectivity index (χ4n) is 3.50. The Morgan fingerprint density at radius 1 is 1.03 bits per heavy atom. The molecule has 0 unspecified atom stereocenters. The van der Waals surface area contributed by atoms with E-state index < -0.39 is 0 Å². The van der Waals surface area contributed by atoms with E-state index in [1.54, 1.807) is 12.1 Å². The summed E-state index contributed by atoms with van der Waals surface area (Å²) in [6.45, 7) is 2.33. The first kappa shape index (κ1) is 20.4. The Kier molecular flexibility index (Phi) is 6.32. The fourth-order valence-corrected chi connectivity index (χ4v) is 4.24. The summed E-state index contributed by atoms with van der Waals surface area (Å²) in [6.07, 6.45) is 2.50. The van der Waals surface area contributed by atoms with E-state index in [2.05, 4.69) is 19.6 Å². The molecule has 1 fully saturated rings. The van der Waals surface area contributed by atoms with Crippen molar-refractivity contribution < 1.29 is 13.6 Å². The van der Waals surface area contributed by atoms with Gasteiger partial charge in [0.1, 0.15) is 17.5 Å². The molecule has 0 radical (unpaired) electrons. The first-order valence-electron chi connectivity index (χ1n) is 9.92. The number of rotatable bonds is 6. The number of anilines is 1. The van der Waals surface area contributed by atoms with Gasteiger partial charge in [-0.05, 0) is 60.7 Å². The predicted molar refractivity (Wildman–Crippen MR) is 113 cm³/mol. The molecule has 2 heterocycles. The Labute approximate surface area is 177 Å². The van der Waals surface area contributed by atoms with Crippen LogP contribution in [0.1, 0.15) is 34.6 Å². The maximum Gasteiger partial charge on any atom is 0.251 e. The van der Waals surface area contributed by atoms with Crippen molar-refractivity contribution in [2.24, 2.45) is 5.92 Å². The minimum absolute atomic E-state index is 0.174. The van der Waals surface area contributed by atoms with Crippen LogP contribution in [0, 0.1) is 17.6 Å². The highest BCUT2D eigenvalue weighted by molar-refractivity contribution is 7.09. The van der Waals surface area contributed by atoms with Gasteiger partial charge in [-0.2, -0.15) is 4.37 Å². The van der Waals surface area contributed by atoms with Gasteiger partial charge in [0, 0.05) is 43.2 Å². The van der Waals surface area contributed by atoms with Crippen molar-refractivity contribution in [3.63, 3.8) is 0 Å². The molecular formula is C22H22F2N4OS. The van der Waals surface area contributed by atoms with Gasteiger partial charge in [-0.3, -0.25) is 4.79 Å². The molecular weight excluding hydrogens is 406 g/mol. The number of piperidine rings is 1. The van der Waals surface area contributed by atoms with E-state index in [0.717, 1.165) is 42.5 Å². The van der Waals surface area contributed by atoms with Gasteiger partial charge in [0.2, 0.25) is 5.13 Å². The lowest BCUT2D eigenvalue weighted by molar-refractivity contribution is 0.0945. The van der Waals surface area contributed by atoms with Crippen molar-refractivity contribution in [3.8, 4) is 0 Å². The Morgan fingerprint density at radius 2 is 1.67 bits per heavy atom. The van der Waals surface area contributed by atoms with Gasteiger partial charge in [-0.1, -0.05) is 12.1 Å². The lowest BCUT2D eigenvalue weighted by Crippen LogP contribution is -2.38. The van der Waals surface area contributed by atoms with Crippen LogP contribution in [0.5, 0.6) is 0 Å². The number of amides is 1. The monoisotopic (exact) mass is 428 g/mol. The maximum absolute atomic E-state index is 13.0. The molecule has 156 valence electrons. The molecule has 0 bridgehead atoms. The van der Waals surface area contributed by atoms with Crippen LogP contribution in [0.25, 0.3) is 0 Å². The maximum atomic E-state index is 13.0. The van der Waals surface area contributed by atoms with Crippen molar-refractivity contribution in [2.45, 2.75) is 19.3 Å². The molecule has 0 atom stereocenters. The smallest absolute Gasteiger partial charge is 0.251 e. The largest absolute Gasteiger partial charge is 0.352 e. The van der Waals surface area contributed by atoms with Crippen LogP contribution in [0.15, 0.2) is 48.5 Å². The molecule has 2 aromatic carbocycles. The summed E-state index contributed by atoms with van der Waals surface area (Å²) >= 11 is 1.39. The first-order chi connectivity index (χ1) is 14.6. The number of halogens is 2. The second-order valence-electron chi connectivity index (χ2n) is 7.44. The number of hydrogen-bond donors (Lipinski definition) is 1. The number of nitrogens with one attached hydrogen (secondary N) is 1. The molecule has 4 rings (SSSR count). The topological polar surface area (TPSA) is 58.1 Å². The van der Waals surface area contributed by atoms with Crippen molar-refractivity contribution in [1.29, 1.82) is 0 Å². The molecule has 8 heteroatoms. The Balaban J connectivity index is 1.24. The van der Waals surface area contributed by atoms with E-state index in [-0.39, 0.29) is 17.5 Å². The van der Waals surface area contributed by atoms with Crippen molar-refractivity contribution >= 4 is 22.6 Å². The van der Waals surface area contributed by atoms with E-state index in [1.165, 1.54) is 47.9 Å². The fraction of sp³-hybridized carbons (Fsp3) is 0.318. The number of carbonyl (C=O) groups excluding carboxylic acids is 1.